The number of benzene rings is 6. The van der Waals surface area contributed by atoms with E-state index in [-0.39, 0.29) is 23.7 Å². The molecule has 59 heavy (non-hydrogen) atoms. The van der Waals surface area contributed by atoms with E-state index in [0.717, 1.165) is 68.6 Å². The normalized spacial score (nSPS) is 13.8. The minimum absolute atomic E-state index is 0.0744. The van der Waals surface area contributed by atoms with Gasteiger partial charge in [-0.2, -0.15) is 0 Å². The monoisotopic (exact) mass is 788 g/mol. The Bertz CT molecular complexity index is 2400. The van der Waals surface area contributed by atoms with Gasteiger partial charge in [0.25, 0.3) is 0 Å². The van der Waals surface area contributed by atoms with Crippen LogP contribution in [0.5, 0.6) is 23.0 Å². The summed E-state index contributed by atoms with van der Waals surface area (Å²) < 4.78 is 13.6. The van der Waals surface area contributed by atoms with Crippen LogP contribution in [0.25, 0.3) is 21.5 Å². The molecule has 0 bridgehead atoms. The Balaban J connectivity index is 0.000000181. The zero-order valence-corrected chi connectivity index (χ0v) is 33.7. The van der Waals surface area contributed by atoms with E-state index in [1.165, 1.54) is 49.4 Å². The summed E-state index contributed by atoms with van der Waals surface area (Å²) in [5.41, 5.74) is 4.60. The molecule has 0 radical (unpaired) electrons. The van der Waals surface area contributed by atoms with Crippen LogP contribution in [0.1, 0.15) is 75.3 Å². The Morgan fingerprint density at radius 1 is 0.610 bits per heavy atom. The molecule has 1 aliphatic carbocycles. The van der Waals surface area contributed by atoms with Crippen LogP contribution in [0.4, 0.5) is 0 Å². The molecule has 302 valence electrons. The number of hydrogen-bond donors (Lipinski definition) is 3. The largest absolute Gasteiger partial charge is 0.457 e. The van der Waals surface area contributed by atoms with Crippen molar-refractivity contribution < 1.29 is 19.1 Å². The number of nitrogens with one attached hydrogen (secondary N) is 3. The molecule has 2 amide bonds. The zero-order valence-electron chi connectivity index (χ0n) is 33.7. The quantitative estimate of drug-likeness (QED) is 0.0939. The molecule has 3 N–H and O–H groups in total. The third-order valence-corrected chi connectivity index (χ3v) is 10.9. The van der Waals surface area contributed by atoms with Crippen molar-refractivity contribution in [3.8, 4) is 23.0 Å². The van der Waals surface area contributed by atoms with E-state index in [1.807, 2.05) is 117 Å². The van der Waals surface area contributed by atoms with Gasteiger partial charge in [-0.3, -0.25) is 15.0 Å². The number of carbonyl (C=O) groups excluding carboxylic acids is 2. The van der Waals surface area contributed by atoms with Crippen LogP contribution in [0, 0.1) is 0 Å². The van der Waals surface area contributed by atoms with Gasteiger partial charge in [0, 0.05) is 23.4 Å². The molecule has 1 fully saturated rings. The molecule has 1 aliphatic rings. The highest BCUT2D eigenvalue weighted by Gasteiger charge is 2.17. The molecular weight excluding hydrogens is 737 g/mol. The second-order valence-corrected chi connectivity index (χ2v) is 15.0. The predicted molar refractivity (Wildman–Crippen MR) is 235 cm³/mol. The SMILES string of the molecule is CC(C(=O)NCCCNC1CCCCC1)c1ccc(Oc2cccc3ccccc23)cc1.CC(C(=O)Nn1cnnc1)c1ccc(Oc2cccc3ccccc23)cc1. The van der Waals surface area contributed by atoms with Crippen LogP contribution in [0.15, 0.2) is 146 Å². The summed E-state index contributed by atoms with van der Waals surface area (Å²) in [5.74, 6) is 2.56. The Morgan fingerprint density at radius 2 is 1.10 bits per heavy atom. The average molecular weight is 789 g/mol. The Kier molecular flexibility index (Phi) is 14.0. The van der Waals surface area contributed by atoms with Gasteiger partial charge in [0.2, 0.25) is 11.8 Å². The molecule has 0 spiro atoms. The summed E-state index contributed by atoms with van der Waals surface area (Å²) in [7, 11) is 0. The third-order valence-electron chi connectivity index (χ3n) is 10.9. The van der Waals surface area contributed by atoms with E-state index in [4.69, 9.17) is 9.47 Å². The second kappa shape index (κ2) is 20.3. The van der Waals surface area contributed by atoms with E-state index in [0.29, 0.717) is 12.6 Å². The standard InChI is InChI=1S/C28H34N2O2.C21H18N4O2/c1-21(28(31)30-20-8-19-29-24-11-3-2-4-12-24)22-15-17-25(18-16-22)32-27-14-7-10-23-9-5-6-13-26(23)27;1-15(21(26)24-25-13-22-23-14-25)16-9-11-18(12-10-16)27-20-8-4-6-17-5-2-3-7-19(17)20/h5-7,9-10,13-18,21,24,29H,2-4,8,11-12,19-20H2,1H3,(H,30,31);2-15H,1H3,(H,24,26). The molecule has 8 rings (SSSR count). The van der Waals surface area contributed by atoms with Crippen molar-refractivity contribution >= 4 is 33.4 Å². The highest BCUT2D eigenvalue weighted by molar-refractivity contribution is 5.90. The van der Waals surface area contributed by atoms with Gasteiger partial charge in [-0.1, -0.05) is 116 Å². The lowest BCUT2D eigenvalue weighted by Crippen LogP contribution is -2.34. The lowest BCUT2D eigenvalue weighted by Gasteiger charge is -2.22. The molecule has 0 saturated heterocycles. The lowest BCUT2D eigenvalue weighted by atomic mass is 9.95. The Labute approximate surface area is 345 Å². The van der Waals surface area contributed by atoms with Crippen molar-refractivity contribution in [2.45, 2.75) is 70.3 Å². The van der Waals surface area contributed by atoms with E-state index in [1.54, 1.807) is 0 Å². The third kappa shape index (κ3) is 11.1. The van der Waals surface area contributed by atoms with Crippen molar-refractivity contribution in [1.82, 2.24) is 25.5 Å². The van der Waals surface area contributed by atoms with Gasteiger partial charge >= 0.3 is 0 Å². The van der Waals surface area contributed by atoms with Crippen molar-refractivity contribution in [1.29, 1.82) is 0 Å². The molecule has 6 aromatic carbocycles. The Morgan fingerprint density at radius 3 is 1.64 bits per heavy atom. The topological polar surface area (TPSA) is 119 Å². The van der Waals surface area contributed by atoms with Crippen LogP contribution in [-0.4, -0.2) is 45.8 Å². The van der Waals surface area contributed by atoms with E-state index < -0.39 is 0 Å². The first kappa shape index (κ1) is 40.7. The minimum atomic E-state index is -0.320. The van der Waals surface area contributed by atoms with Crippen molar-refractivity contribution in [2.75, 3.05) is 18.5 Å². The van der Waals surface area contributed by atoms with Crippen molar-refractivity contribution in [3.05, 3.63) is 157 Å². The summed E-state index contributed by atoms with van der Waals surface area (Å²) in [6.45, 7) is 5.49. The van der Waals surface area contributed by atoms with Gasteiger partial charge in [-0.25, -0.2) is 4.68 Å². The Hall–Kier alpha value is -6.52. The van der Waals surface area contributed by atoms with Gasteiger partial charge in [0.05, 0.1) is 11.8 Å². The number of ether oxygens (including phenoxy) is 2. The fraction of sp³-hybridized carbons (Fsp3) is 0.265. The molecule has 7 aromatic rings. The van der Waals surface area contributed by atoms with E-state index in [9.17, 15) is 9.59 Å². The number of rotatable bonds is 14. The molecule has 10 nitrogen and oxygen atoms in total. The molecule has 1 saturated carbocycles. The molecular formula is C49H52N6O4. The van der Waals surface area contributed by atoms with Crippen LogP contribution in [0.2, 0.25) is 0 Å². The molecule has 2 unspecified atom stereocenters. The summed E-state index contributed by atoms with van der Waals surface area (Å²) >= 11 is 0. The van der Waals surface area contributed by atoms with Gasteiger partial charge in [0.15, 0.2) is 0 Å². The van der Waals surface area contributed by atoms with Crippen molar-refractivity contribution in [2.24, 2.45) is 0 Å². The number of aromatic nitrogens is 3. The van der Waals surface area contributed by atoms with Gasteiger partial charge in [0.1, 0.15) is 35.7 Å². The zero-order chi connectivity index (χ0) is 40.8. The first-order valence-corrected chi connectivity index (χ1v) is 20.6. The maximum Gasteiger partial charge on any atom is 0.246 e. The van der Waals surface area contributed by atoms with Crippen molar-refractivity contribution in [3.63, 3.8) is 0 Å². The number of nitrogens with zero attached hydrogens (tertiary/aromatic N) is 3. The summed E-state index contributed by atoms with van der Waals surface area (Å²) in [4.78, 5) is 24.9. The number of hydrogen-bond acceptors (Lipinski definition) is 7. The lowest BCUT2D eigenvalue weighted by molar-refractivity contribution is -0.122. The highest BCUT2D eigenvalue weighted by Crippen LogP contribution is 2.32. The summed E-state index contributed by atoms with van der Waals surface area (Å²) in [5, 5.41) is 18.5. The molecule has 10 heteroatoms. The second-order valence-electron chi connectivity index (χ2n) is 15.0. The highest BCUT2D eigenvalue weighted by atomic mass is 16.5. The summed E-state index contributed by atoms with van der Waals surface area (Å²) in [6, 6.07) is 44.4. The smallest absolute Gasteiger partial charge is 0.246 e. The maximum atomic E-state index is 12.6. The maximum absolute atomic E-state index is 12.6. The first-order valence-electron chi connectivity index (χ1n) is 20.6. The van der Waals surface area contributed by atoms with Crippen LogP contribution < -0.4 is 25.5 Å². The number of amides is 2. The van der Waals surface area contributed by atoms with E-state index >= 15 is 0 Å². The number of carbonyl (C=O) groups is 2. The number of fused-ring (bicyclic) bond motifs is 2. The molecule has 1 heterocycles. The fourth-order valence-corrected chi connectivity index (χ4v) is 7.32. The van der Waals surface area contributed by atoms with Gasteiger partial charge in [-0.15, -0.1) is 10.2 Å². The fourth-order valence-electron chi connectivity index (χ4n) is 7.32. The molecule has 1 aromatic heterocycles. The molecule has 0 aliphatic heterocycles. The van der Waals surface area contributed by atoms with Gasteiger partial charge < -0.3 is 20.1 Å². The van der Waals surface area contributed by atoms with Crippen LogP contribution >= 0.6 is 0 Å². The van der Waals surface area contributed by atoms with Crippen LogP contribution in [0.3, 0.4) is 0 Å². The minimum Gasteiger partial charge on any atom is -0.457 e. The predicted octanol–water partition coefficient (Wildman–Crippen LogP) is 10.3. The molecule has 2 atom stereocenters. The van der Waals surface area contributed by atoms with Crippen LogP contribution in [-0.2, 0) is 9.59 Å². The van der Waals surface area contributed by atoms with E-state index in [2.05, 4.69) is 56.6 Å². The first-order chi connectivity index (χ1) is 28.9. The average Bonchev–Trinajstić information content (AvgIpc) is 3.80. The van der Waals surface area contributed by atoms with Gasteiger partial charge in [-0.05, 0) is 98.0 Å². The summed E-state index contributed by atoms with van der Waals surface area (Å²) in [6.07, 6.45) is 10.5.